The first-order chi connectivity index (χ1) is 18.9. The molecule has 0 saturated heterocycles. The molecule has 0 heterocycles. The summed E-state index contributed by atoms with van der Waals surface area (Å²) in [4.78, 5) is 37.8. The fourth-order valence-corrected chi connectivity index (χ4v) is 5.50. The van der Waals surface area contributed by atoms with Crippen molar-refractivity contribution in [2.24, 2.45) is 11.3 Å². The number of hydrogen-bond donors (Lipinski definition) is 1. The number of carboxylic acids is 1. The maximum absolute atomic E-state index is 13.1. The highest BCUT2D eigenvalue weighted by molar-refractivity contribution is 5.88. The van der Waals surface area contributed by atoms with Crippen LogP contribution in [0.3, 0.4) is 0 Å². The first-order valence-corrected chi connectivity index (χ1v) is 14.4. The van der Waals surface area contributed by atoms with Gasteiger partial charge in [-0.25, -0.2) is 0 Å². The average Bonchev–Trinajstić information content (AvgIpc) is 3.18. The highest BCUT2D eigenvalue weighted by Crippen LogP contribution is 2.36. The van der Waals surface area contributed by atoms with Crippen LogP contribution in [0.2, 0.25) is 0 Å². The van der Waals surface area contributed by atoms with Gasteiger partial charge < -0.3 is 24.7 Å². The number of aromatic carboxylic acids is 1. The van der Waals surface area contributed by atoms with Crippen molar-refractivity contribution in [1.29, 1.82) is 0 Å². The number of hydrogen-bond acceptors (Lipinski definition) is 7. The Labute approximate surface area is 238 Å². The van der Waals surface area contributed by atoms with E-state index in [1.165, 1.54) is 0 Å². The largest absolute Gasteiger partial charge is 0.545 e. The summed E-state index contributed by atoms with van der Waals surface area (Å²) in [5.74, 6) is -1.96. The maximum atomic E-state index is 13.1. The molecule has 218 valence electrons. The Hall–Kier alpha value is -3.19. The van der Waals surface area contributed by atoms with Gasteiger partial charge in [0.25, 0.3) is 0 Å². The van der Waals surface area contributed by atoms with Crippen molar-refractivity contribution < 1.29 is 29.0 Å². The molecule has 2 unspecified atom stereocenters. The van der Waals surface area contributed by atoms with E-state index in [4.69, 9.17) is 9.47 Å². The minimum atomic E-state index is -1.24. The number of aryl methyl sites for hydroxylation is 1. The van der Waals surface area contributed by atoms with Gasteiger partial charge in [-0.15, -0.1) is 0 Å². The van der Waals surface area contributed by atoms with Crippen LogP contribution in [0.5, 0.6) is 5.75 Å². The van der Waals surface area contributed by atoms with E-state index in [-0.39, 0.29) is 53.8 Å². The number of nitrogens with one attached hydrogen (secondary N) is 1. The number of esters is 2. The molecule has 7 heteroatoms. The summed E-state index contributed by atoms with van der Waals surface area (Å²) in [6.07, 6.45) is 6.16. The van der Waals surface area contributed by atoms with Crippen molar-refractivity contribution in [1.82, 2.24) is 5.32 Å². The number of rotatable bonds is 10. The number of carbonyl (C=O) groups excluding carboxylic acids is 3. The van der Waals surface area contributed by atoms with Crippen molar-refractivity contribution >= 4 is 17.9 Å². The molecule has 0 amide bonds. The summed E-state index contributed by atoms with van der Waals surface area (Å²) in [6.45, 7) is 9.72. The van der Waals surface area contributed by atoms with Gasteiger partial charge in [0.05, 0.1) is 18.3 Å². The van der Waals surface area contributed by atoms with E-state index < -0.39 is 5.97 Å². The van der Waals surface area contributed by atoms with Gasteiger partial charge >= 0.3 is 11.9 Å². The molecule has 2 aromatic carbocycles. The Bertz CT molecular complexity index is 1190. The van der Waals surface area contributed by atoms with Crippen LogP contribution in [0.4, 0.5) is 0 Å². The second-order valence-corrected chi connectivity index (χ2v) is 12.3. The quantitative estimate of drug-likeness (QED) is 0.238. The van der Waals surface area contributed by atoms with Gasteiger partial charge in [-0.1, -0.05) is 70.7 Å². The van der Waals surface area contributed by atoms with Gasteiger partial charge in [-0.2, -0.15) is 0 Å². The molecule has 0 bridgehead atoms. The van der Waals surface area contributed by atoms with E-state index in [0.717, 1.165) is 49.7 Å². The Kier molecular flexibility index (Phi) is 10.9. The van der Waals surface area contributed by atoms with E-state index in [9.17, 15) is 19.5 Å². The second kappa shape index (κ2) is 13.9. The molecule has 0 aromatic heterocycles. The first-order valence-electron chi connectivity index (χ1n) is 14.4. The Morgan fingerprint density at radius 3 is 2.33 bits per heavy atom. The SMILES string of the molecule is CNC(C)C(c1ccc(OC(=O)C2CCCCCC2)c(COC(=O)CC(C)(C)C)c1)c1c(C)cccc1C(=O)[O-]. The molecule has 0 spiro atoms. The number of benzene rings is 2. The van der Waals surface area contributed by atoms with E-state index in [1.54, 1.807) is 18.2 Å². The van der Waals surface area contributed by atoms with Gasteiger partial charge in [-0.05, 0) is 68.0 Å². The monoisotopic (exact) mass is 550 g/mol. The van der Waals surface area contributed by atoms with Gasteiger partial charge in [0, 0.05) is 23.1 Å². The molecule has 1 fully saturated rings. The van der Waals surface area contributed by atoms with Crippen LogP contribution >= 0.6 is 0 Å². The molecule has 0 aliphatic heterocycles. The van der Waals surface area contributed by atoms with E-state index in [0.29, 0.717) is 16.9 Å². The summed E-state index contributed by atoms with van der Waals surface area (Å²) in [6, 6.07) is 10.5. The fourth-order valence-electron chi connectivity index (χ4n) is 5.50. The van der Waals surface area contributed by atoms with Crippen LogP contribution in [0.15, 0.2) is 36.4 Å². The van der Waals surface area contributed by atoms with Crippen LogP contribution < -0.4 is 15.2 Å². The zero-order valence-electron chi connectivity index (χ0n) is 24.8. The lowest BCUT2D eigenvalue weighted by Crippen LogP contribution is -2.33. The Morgan fingerprint density at radius 2 is 1.73 bits per heavy atom. The number of likely N-dealkylation sites (N-methyl/N-ethyl adjacent to an activating group) is 1. The fraction of sp³-hybridized carbons (Fsp3) is 0.545. The minimum absolute atomic E-state index is 0.0577. The smallest absolute Gasteiger partial charge is 0.314 e. The van der Waals surface area contributed by atoms with Gasteiger partial charge in [0.1, 0.15) is 12.4 Å². The van der Waals surface area contributed by atoms with Crippen LogP contribution in [0.25, 0.3) is 0 Å². The predicted molar refractivity (Wildman–Crippen MR) is 153 cm³/mol. The third kappa shape index (κ3) is 8.40. The van der Waals surface area contributed by atoms with E-state index in [1.807, 2.05) is 59.9 Å². The zero-order valence-corrected chi connectivity index (χ0v) is 24.8. The van der Waals surface area contributed by atoms with Crippen molar-refractivity contribution in [3.63, 3.8) is 0 Å². The molecule has 3 rings (SSSR count). The molecule has 1 aliphatic rings. The zero-order chi connectivity index (χ0) is 29.4. The molecule has 7 nitrogen and oxygen atoms in total. The summed E-state index contributed by atoms with van der Waals surface area (Å²) in [5.41, 5.74) is 2.77. The summed E-state index contributed by atoms with van der Waals surface area (Å²) in [7, 11) is 1.83. The summed E-state index contributed by atoms with van der Waals surface area (Å²) < 4.78 is 11.6. The average molecular weight is 551 g/mol. The number of carboxylic acid groups (broad SMARTS) is 1. The predicted octanol–water partition coefficient (Wildman–Crippen LogP) is 5.45. The highest BCUT2D eigenvalue weighted by Gasteiger charge is 2.28. The maximum Gasteiger partial charge on any atom is 0.314 e. The van der Waals surface area contributed by atoms with Crippen molar-refractivity contribution in [3.05, 3.63) is 64.2 Å². The lowest BCUT2D eigenvalue weighted by molar-refractivity contribution is -0.255. The lowest BCUT2D eigenvalue weighted by Gasteiger charge is -2.29. The van der Waals surface area contributed by atoms with E-state index >= 15 is 0 Å². The third-order valence-corrected chi connectivity index (χ3v) is 7.72. The van der Waals surface area contributed by atoms with Crippen molar-refractivity contribution in [2.75, 3.05) is 7.05 Å². The molecule has 0 radical (unpaired) electrons. The molecule has 1 N–H and O–H groups in total. The van der Waals surface area contributed by atoms with Gasteiger partial charge in [0.2, 0.25) is 0 Å². The molecule has 1 saturated carbocycles. The highest BCUT2D eigenvalue weighted by atomic mass is 16.5. The summed E-state index contributed by atoms with van der Waals surface area (Å²) >= 11 is 0. The minimum Gasteiger partial charge on any atom is -0.545 e. The van der Waals surface area contributed by atoms with Gasteiger partial charge in [-0.3, -0.25) is 9.59 Å². The molecule has 40 heavy (non-hydrogen) atoms. The Balaban J connectivity index is 2.03. The number of ether oxygens (including phenoxy) is 2. The van der Waals surface area contributed by atoms with E-state index in [2.05, 4.69) is 5.32 Å². The molecular formula is C33H44NO6-. The van der Waals surface area contributed by atoms with Crippen LogP contribution in [0, 0.1) is 18.3 Å². The molecular weight excluding hydrogens is 506 g/mol. The van der Waals surface area contributed by atoms with Crippen LogP contribution in [0.1, 0.15) is 111 Å². The van der Waals surface area contributed by atoms with Gasteiger partial charge in [0.15, 0.2) is 0 Å². The first kappa shape index (κ1) is 31.3. The topological polar surface area (TPSA) is 105 Å². The van der Waals surface area contributed by atoms with Crippen molar-refractivity contribution in [3.8, 4) is 5.75 Å². The molecule has 2 atom stereocenters. The third-order valence-electron chi connectivity index (χ3n) is 7.72. The molecule has 1 aliphatic carbocycles. The summed E-state index contributed by atoms with van der Waals surface area (Å²) in [5, 5.41) is 15.3. The van der Waals surface area contributed by atoms with Crippen LogP contribution in [-0.4, -0.2) is 31.0 Å². The number of carbonyl (C=O) groups is 3. The second-order valence-electron chi connectivity index (χ2n) is 12.3. The lowest BCUT2D eigenvalue weighted by atomic mass is 9.80. The van der Waals surface area contributed by atoms with Crippen LogP contribution in [-0.2, 0) is 20.9 Å². The Morgan fingerprint density at radius 1 is 1.05 bits per heavy atom. The van der Waals surface area contributed by atoms with Crippen molar-refractivity contribution in [2.45, 2.75) is 98.1 Å². The molecule has 2 aromatic rings. The standard InChI is InChI=1S/C33H45NO6/c1-21-12-11-15-26(31(36)37)29(21)30(22(2)34-6)24-16-17-27(40-32(38)23-13-9-7-8-10-14-23)25(18-24)20-39-28(35)19-33(3,4)5/h11-12,15-18,22-23,30,34H,7-10,13-14,19-20H2,1-6H3,(H,36,37)/p-1. The normalized spacial score (nSPS) is 16.1.